The number of benzene rings is 2. The molecule has 0 unspecified atom stereocenters. The molecule has 0 radical (unpaired) electrons. The number of aromatic nitrogens is 3. The van der Waals surface area contributed by atoms with Crippen molar-refractivity contribution in [2.45, 2.75) is 25.9 Å². The van der Waals surface area contributed by atoms with Crippen molar-refractivity contribution in [3.05, 3.63) is 69.8 Å². The summed E-state index contributed by atoms with van der Waals surface area (Å²) in [4.78, 5) is 29.8. The molecule has 7 nitrogen and oxygen atoms in total. The van der Waals surface area contributed by atoms with Crippen molar-refractivity contribution in [1.82, 2.24) is 19.9 Å². The number of carbonyl (C=O) groups is 1. The predicted octanol–water partition coefficient (Wildman–Crippen LogP) is 6.29. The van der Waals surface area contributed by atoms with Gasteiger partial charge in [-0.05, 0) is 57.3 Å². The summed E-state index contributed by atoms with van der Waals surface area (Å²) in [5.74, 6) is 0.308. The van der Waals surface area contributed by atoms with Crippen LogP contribution in [0.3, 0.4) is 0 Å². The van der Waals surface area contributed by atoms with E-state index in [1.54, 1.807) is 36.7 Å². The standard InChI is InChI=1S/C26H26Cl2N6OS/c1-15-13-34(14-16(2)33(15)3)18-5-6-19(22(28)11-18)25(35)31-17-4-7-21(27)20(10-17)24-30-12-23(32-24)26-29-8-9-36-26/h4-12,15-16H,13-14H2,1-3H3,(H,30,32)(H,31,35)/t15-,16+. The van der Waals surface area contributed by atoms with E-state index in [0.717, 1.165) is 29.5 Å². The Morgan fingerprint density at radius 1 is 1.08 bits per heavy atom. The van der Waals surface area contributed by atoms with Crippen LogP contribution >= 0.6 is 34.5 Å². The molecule has 1 aliphatic rings. The molecule has 2 atom stereocenters. The zero-order valence-corrected chi connectivity index (χ0v) is 22.5. The molecule has 0 spiro atoms. The van der Waals surface area contributed by atoms with E-state index in [4.69, 9.17) is 23.2 Å². The quantitative estimate of drug-likeness (QED) is 0.311. The lowest BCUT2D eigenvalue weighted by Gasteiger charge is -2.43. The number of hydrogen-bond donors (Lipinski definition) is 2. The number of thiazole rings is 1. The number of halogens is 2. The van der Waals surface area contributed by atoms with Crippen LogP contribution in [0.2, 0.25) is 10.0 Å². The lowest BCUT2D eigenvalue weighted by atomic mass is 10.1. The minimum atomic E-state index is -0.289. The van der Waals surface area contributed by atoms with E-state index in [1.165, 1.54) is 11.3 Å². The first-order valence-corrected chi connectivity index (χ1v) is 13.3. The van der Waals surface area contributed by atoms with Gasteiger partial charge in [-0.3, -0.25) is 9.69 Å². The summed E-state index contributed by atoms with van der Waals surface area (Å²) in [6, 6.07) is 11.8. The van der Waals surface area contributed by atoms with Crippen LogP contribution in [0.1, 0.15) is 24.2 Å². The summed E-state index contributed by atoms with van der Waals surface area (Å²) < 4.78 is 0. The van der Waals surface area contributed by atoms with Crippen LogP contribution in [-0.2, 0) is 0 Å². The SMILES string of the molecule is C[C@@H]1CN(c2ccc(C(=O)Nc3ccc(Cl)c(-c4ncc(-c5nccs5)[nH]4)c3)c(Cl)c2)C[C@H](C)N1C. The Morgan fingerprint density at radius 3 is 2.56 bits per heavy atom. The normalized spacial score (nSPS) is 18.4. The molecule has 2 aromatic carbocycles. The van der Waals surface area contributed by atoms with Gasteiger partial charge in [0.05, 0.1) is 27.5 Å². The number of nitrogens with one attached hydrogen (secondary N) is 2. The van der Waals surface area contributed by atoms with Gasteiger partial charge in [-0.15, -0.1) is 11.3 Å². The van der Waals surface area contributed by atoms with Crippen LogP contribution in [0.25, 0.3) is 22.1 Å². The maximum absolute atomic E-state index is 13.1. The summed E-state index contributed by atoms with van der Waals surface area (Å²) in [6.45, 7) is 6.25. The van der Waals surface area contributed by atoms with Gasteiger partial charge in [-0.25, -0.2) is 9.97 Å². The maximum atomic E-state index is 13.1. The number of carbonyl (C=O) groups excluding carboxylic acids is 1. The van der Waals surface area contributed by atoms with E-state index in [1.807, 2.05) is 17.5 Å². The van der Waals surface area contributed by atoms with Gasteiger partial charge in [0.15, 0.2) is 0 Å². The Kier molecular flexibility index (Phi) is 7.03. The topological polar surface area (TPSA) is 77.1 Å². The fourth-order valence-corrected chi connectivity index (χ4v) is 5.48. The predicted molar refractivity (Wildman–Crippen MR) is 148 cm³/mol. The molecule has 1 fully saturated rings. The van der Waals surface area contributed by atoms with Crippen molar-refractivity contribution < 1.29 is 4.79 Å². The Morgan fingerprint density at radius 2 is 1.86 bits per heavy atom. The summed E-state index contributed by atoms with van der Waals surface area (Å²) in [6.07, 6.45) is 3.46. The number of piperazine rings is 1. The van der Waals surface area contributed by atoms with E-state index in [2.05, 4.69) is 51.0 Å². The molecule has 2 N–H and O–H groups in total. The summed E-state index contributed by atoms with van der Waals surface area (Å²) >= 11 is 14.5. The monoisotopic (exact) mass is 540 g/mol. The number of likely N-dealkylation sites (N-methyl/N-ethyl adjacent to an activating group) is 1. The lowest BCUT2D eigenvalue weighted by molar-refractivity contribution is 0.102. The molecule has 0 bridgehead atoms. The second kappa shape index (κ2) is 10.2. The van der Waals surface area contributed by atoms with E-state index in [0.29, 0.717) is 44.8 Å². The van der Waals surface area contributed by atoms with Gasteiger partial charge in [0.25, 0.3) is 5.91 Å². The van der Waals surface area contributed by atoms with Crippen molar-refractivity contribution in [2.24, 2.45) is 0 Å². The number of rotatable bonds is 5. The second-order valence-electron chi connectivity index (χ2n) is 9.06. The number of hydrogen-bond acceptors (Lipinski definition) is 6. The van der Waals surface area contributed by atoms with E-state index >= 15 is 0 Å². The lowest BCUT2D eigenvalue weighted by Crippen LogP contribution is -2.55. The molecule has 36 heavy (non-hydrogen) atoms. The number of anilines is 2. The third-order valence-electron chi connectivity index (χ3n) is 6.64. The third kappa shape index (κ3) is 4.99. The molecular weight excluding hydrogens is 515 g/mol. The molecular formula is C26H26Cl2N6OS. The average Bonchev–Trinajstić information content (AvgIpc) is 3.55. The van der Waals surface area contributed by atoms with Crippen molar-refractivity contribution in [3.8, 4) is 22.1 Å². The molecule has 186 valence electrons. The van der Waals surface area contributed by atoms with E-state index in [-0.39, 0.29) is 5.91 Å². The Hall–Kier alpha value is -2.91. The van der Waals surface area contributed by atoms with Gasteiger partial charge >= 0.3 is 0 Å². The van der Waals surface area contributed by atoms with Gasteiger partial charge < -0.3 is 15.2 Å². The highest BCUT2D eigenvalue weighted by atomic mass is 35.5. The van der Waals surface area contributed by atoms with Crippen LogP contribution in [0.15, 0.2) is 54.2 Å². The van der Waals surface area contributed by atoms with E-state index < -0.39 is 0 Å². The highest BCUT2D eigenvalue weighted by molar-refractivity contribution is 7.13. The highest BCUT2D eigenvalue weighted by Crippen LogP contribution is 2.32. The van der Waals surface area contributed by atoms with Gasteiger partial charge in [-0.2, -0.15) is 0 Å². The molecule has 1 saturated heterocycles. The highest BCUT2D eigenvalue weighted by Gasteiger charge is 2.27. The second-order valence-corrected chi connectivity index (χ2v) is 10.8. The molecule has 1 amide bonds. The average molecular weight is 542 g/mol. The summed E-state index contributed by atoms with van der Waals surface area (Å²) in [5.41, 5.74) is 3.51. The molecule has 3 heterocycles. The smallest absolute Gasteiger partial charge is 0.257 e. The Labute approximate surface area is 224 Å². The molecule has 1 aliphatic heterocycles. The molecule has 2 aromatic heterocycles. The minimum Gasteiger partial charge on any atom is -0.368 e. The first kappa shape index (κ1) is 24.8. The minimum absolute atomic E-state index is 0.289. The largest absolute Gasteiger partial charge is 0.368 e. The van der Waals surface area contributed by atoms with Crippen molar-refractivity contribution >= 4 is 51.8 Å². The summed E-state index contributed by atoms with van der Waals surface area (Å²) in [7, 11) is 2.15. The van der Waals surface area contributed by atoms with Crippen LogP contribution in [-0.4, -0.2) is 58.0 Å². The van der Waals surface area contributed by atoms with Gasteiger partial charge in [0.2, 0.25) is 0 Å². The fourth-order valence-electron chi connectivity index (χ4n) is 4.41. The number of H-pyrrole nitrogens is 1. The molecule has 4 aromatic rings. The zero-order chi connectivity index (χ0) is 25.4. The molecule has 0 aliphatic carbocycles. The molecule has 5 rings (SSSR count). The molecule has 10 heteroatoms. The van der Waals surface area contributed by atoms with Crippen LogP contribution in [0, 0.1) is 0 Å². The third-order valence-corrected chi connectivity index (χ3v) is 8.09. The van der Waals surface area contributed by atoms with Gasteiger partial charge in [0.1, 0.15) is 10.8 Å². The van der Waals surface area contributed by atoms with Crippen LogP contribution in [0.4, 0.5) is 11.4 Å². The van der Waals surface area contributed by atoms with E-state index in [9.17, 15) is 4.79 Å². The maximum Gasteiger partial charge on any atom is 0.257 e. The van der Waals surface area contributed by atoms with Crippen molar-refractivity contribution in [3.63, 3.8) is 0 Å². The van der Waals surface area contributed by atoms with Crippen molar-refractivity contribution in [1.29, 1.82) is 0 Å². The summed E-state index contributed by atoms with van der Waals surface area (Å²) in [5, 5.41) is 6.62. The fraction of sp³-hybridized carbons (Fsp3) is 0.269. The van der Waals surface area contributed by atoms with Crippen molar-refractivity contribution in [2.75, 3.05) is 30.4 Å². The number of nitrogens with zero attached hydrogens (tertiary/aromatic N) is 4. The number of aromatic amines is 1. The van der Waals surface area contributed by atoms with Crippen LogP contribution in [0.5, 0.6) is 0 Å². The Balaban J connectivity index is 1.33. The zero-order valence-electron chi connectivity index (χ0n) is 20.1. The first-order chi connectivity index (χ1) is 17.3. The van der Waals surface area contributed by atoms with Crippen LogP contribution < -0.4 is 10.2 Å². The number of amides is 1. The van der Waals surface area contributed by atoms with Gasteiger partial charge in [-0.1, -0.05) is 23.2 Å². The number of imidazole rings is 1. The van der Waals surface area contributed by atoms with Gasteiger partial charge in [0, 0.05) is 53.7 Å². The molecule has 0 saturated carbocycles. The first-order valence-electron chi connectivity index (χ1n) is 11.6. The Bertz CT molecular complexity index is 1380.